The highest BCUT2D eigenvalue weighted by atomic mass is 16.2. The minimum absolute atomic E-state index is 0.0571. The van der Waals surface area contributed by atoms with Crippen molar-refractivity contribution >= 4 is 11.6 Å². The van der Waals surface area contributed by atoms with E-state index in [2.05, 4.69) is 11.4 Å². The molecule has 1 aliphatic rings. The van der Waals surface area contributed by atoms with Crippen LogP contribution in [0.4, 0.5) is 5.69 Å². The second kappa shape index (κ2) is 4.88. The third-order valence-electron chi connectivity index (χ3n) is 2.98. The molecule has 0 spiro atoms. The first-order valence-corrected chi connectivity index (χ1v) is 5.70. The highest BCUT2D eigenvalue weighted by molar-refractivity contribution is 5.86. The second-order valence-corrected chi connectivity index (χ2v) is 4.20. The number of hydrogen-bond donors (Lipinski definition) is 1. The number of rotatable bonds is 2. The van der Waals surface area contributed by atoms with Crippen molar-refractivity contribution in [2.24, 2.45) is 0 Å². The summed E-state index contributed by atoms with van der Waals surface area (Å²) < 4.78 is 0. The van der Waals surface area contributed by atoms with Crippen molar-refractivity contribution in [2.75, 3.05) is 18.0 Å². The van der Waals surface area contributed by atoms with E-state index in [1.807, 2.05) is 36.1 Å². The number of nitriles is 1. The largest absolute Gasteiger partial charge is 0.357 e. The standard InChI is InChI=1S/C13H15N3O/c1-10-2-4-11(5-3-10)16-9-8-15-13(17)12(16)6-7-14/h2-5,12H,6,8-9H2,1H3,(H,15,17). The number of nitrogens with zero attached hydrogens (tertiary/aromatic N) is 2. The van der Waals surface area contributed by atoms with E-state index in [1.165, 1.54) is 5.56 Å². The molecule has 88 valence electrons. The van der Waals surface area contributed by atoms with E-state index < -0.39 is 0 Å². The van der Waals surface area contributed by atoms with Gasteiger partial charge in [-0.1, -0.05) is 17.7 Å². The zero-order valence-electron chi connectivity index (χ0n) is 9.81. The van der Waals surface area contributed by atoms with Crippen molar-refractivity contribution in [1.29, 1.82) is 5.26 Å². The van der Waals surface area contributed by atoms with Gasteiger partial charge in [-0.05, 0) is 19.1 Å². The number of aryl methyl sites for hydroxylation is 1. The molecule has 1 heterocycles. The molecule has 2 rings (SSSR count). The number of anilines is 1. The number of nitrogens with one attached hydrogen (secondary N) is 1. The van der Waals surface area contributed by atoms with Crippen molar-refractivity contribution < 1.29 is 4.79 Å². The van der Waals surface area contributed by atoms with Crippen molar-refractivity contribution in [3.8, 4) is 6.07 Å². The lowest BCUT2D eigenvalue weighted by Gasteiger charge is -2.35. The van der Waals surface area contributed by atoms with Crippen LogP contribution in [0.1, 0.15) is 12.0 Å². The highest BCUT2D eigenvalue weighted by Crippen LogP contribution is 2.20. The van der Waals surface area contributed by atoms with E-state index in [9.17, 15) is 4.79 Å². The molecule has 1 N–H and O–H groups in total. The smallest absolute Gasteiger partial charge is 0.243 e. The molecule has 1 unspecified atom stereocenters. The Morgan fingerprint density at radius 2 is 2.18 bits per heavy atom. The normalized spacial score (nSPS) is 19.6. The summed E-state index contributed by atoms with van der Waals surface area (Å²) in [6.45, 7) is 3.41. The van der Waals surface area contributed by atoms with Crippen molar-refractivity contribution in [3.05, 3.63) is 29.8 Å². The number of benzene rings is 1. The topological polar surface area (TPSA) is 56.1 Å². The summed E-state index contributed by atoms with van der Waals surface area (Å²) in [5.74, 6) is -0.0571. The van der Waals surface area contributed by atoms with Gasteiger partial charge in [-0.3, -0.25) is 4.79 Å². The zero-order valence-corrected chi connectivity index (χ0v) is 9.81. The van der Waals surface area contributed by atoms with Gasteiger partial charge in [0.25, 0.3) is 0 Å². The van der Waals surface area contributed by atoms with Crippen LogP contribution < -0.4 is 10.2 Å². The fraction of sp³-hybridized carbons (Fsp3) is 0.385. The Labute approximate surface area is 101 Å². The van der Waals surface area contributed by atoms with Crippen LogP contribution in [0.25, 0.3) is 0 Å². The monoisotopic (exact) mass is 229 g/mol. The lowest BCUT2D eigenvalue weighted by Crippen LogP contribution is -2.55. The summed E-state index contributed by atoms with van der Waals surface area (Å²) in [6, 6.07) is 9.75. The summed E-state index contributed by atoms with van der Waals surface area (Å²) >= 11 is 0. The number of amides is 1. The van der Waals surface area contributed by atoms with E-state index in [-0.39, 0.29) is 18.4 Å². The van der Waals surface area contributed by atoms with E-state index in [1.54, 1.807) is 0 Å². The van der Waals surface area contributed by atoms with Gasteiger partial charge in [-0.25, -0.2) is 0 Å². The minimum Gasteiger partial charge on any atom is -0.357 e. The molecular weight excluding hydrogens is 214 g/mol. The minimum atomic E-state index is -0.364. The first-order chi connectivity index (χ1) is 8.22. The number of hydrogen-bond acceptors (Lipinski definition) is 3. The van der Waals surface area contributed by atoms with Crippen LogP contribution in [-0.2, 0) is 4.79 Å². The maximum atomic E-state index is 11.7. The maximum Gasteiger partial charge on any atom is 0.243 e. The van der Waals surface area contributed by atoms with E-state index in [4.69, 9.17) is 5.26 Å². The molecule has 4 heteroatoms. The molecule has 1 fully saturated rings. The van der Waals surface area contributed by atoms with E-state index in [0.29, 0.717) is 6.54 Å². The number of carbonyl (C=O) groups excluding carboxylic acids is 1. The lowest BCUT2D eigenvalue weighted by atomic mass is 10.1. The average Bonchev–Trinajstić information content (AvgIpc) is 2.33. The molecule has 1 aromatic carbocycles. The molecule has 4 nitrogen and oxygen atoms in total. The van der Waals surface area contributed by atoms with E-state index >= 15 is 0 Å². The summed E-state index contributed by atoms with van der Waals surface area (Å²) in [4.78, 5) is 13.7. The Bertz CT molecular complexity index is 447. The average molecular weight is 229 g/mol. The predicted molar refractivity (Wildman–Crippen MR) is 65.6 cm³/mol. The van der Waals surface area contributed by atoms with Gasteiger partial charge in [0.2, 0.25) is 5.91 Å². The van der Waals surface area contributed by atoms with Crippen LogP contribution in [0.3, 0.4) is 0 Å². The second-order valence-electron chi connectivity index (χ2n) is 4.20. The number of carbonyl (C=O) groups is 1. The van der Waals surface area contributed by atoms with Gasteiger partial charge in [0.15, 0.2) is 0 Å². The first-order valence-electron chi connectivity index (χ1n) is 5.70. The Balaban J connectivity index is 2.25. The van der Waals surface area contributed by atoms with Gasteiger partial charge in [0.05, 0.1) is 12.5 Å². The molecule has 17 heavy (non-hydrogen) atoms. The molecule has 1 amide bonds. The third kappa shape index (κ3) is 2.39. The summed E-state index contributed by atoms with van der Waals surface area (Å²) in [5.41, 5.74) is 2.19. The molecule has 1 atom stereocenters. The van der Waals surface area contributed by atoms with E-state index in [0.717, 1.165) is 12.2 Å². The van der Waals surface area contributed by atoms with Crippen LogP contribution in [-0.4, -0.2) is 25.0 Å². The number of piperazine rings is 1. The molecule has 1 aromatic rings. The van der Waals surface area contributed by atoms with Gasteiger partial charge in [0, 0.05) is 18.8 Å². The fourth-order valence-corrected chi connectivity index (χ4v) is 2.05. The lowest BCUT2D eigenvalue weighted by molar-refractivity contribution is -0.123. The zero-order chi connectivity index (χ0) is 12.3. The Morgan fingerprint density at radius 1 is 1.47 bits per heavy atom. The maximum absolute atomic E-state index is 11.7. The summed E-state index contributed by atoms with van der Waals surface area (Å²) in [7, 11) is 0. The van der Waals surface area contributed by atoms with Gasteiger partial charge in [-0.15, -0.1) is 0 Å². The van der Waals surface area contributed by atoms with Crippen molar-refractivity contribution in [1.82, 2.24) is 5.32 Å². The van der Waals surface area contributed by atoms with Gasteiger partial charge < -0.3 is 10.2 Å². The van der Waals surface area contributed by atoms with Crippen LogP contribution in [0.5, 0.6) is 0 Å². The van der Waals surface area contributed by atoms with Gasteiger partial charge in [0.1, 0.15) is 6.04 Å². The molecule has 0 radical (unpaired) electrons. The summed E-state index contributed by atoms with van der Waals surface area (Å²) in [6.07, 6.45) is 0.222. The molecule has 0 saturated carbocycles. The highest BCUT2D eigenvalue weighted by Gasteiger charge is 2.29. The molecule has 1 aliphatic heterocycles. The molecule has 1 saturated heterocycles. The quantitative estimate of drug-likeness (QED) is 0.829. The third-order valence-corrected chi connectivity index (χ3v) is 2.98. The SMILES string of the molecule is Cc1ccc(N2CCNC(=O)C2CC#N)cc1. The van der Waals surface area contributed by atoms with Gasteiger partial charge in [-0.2, -0.15) is 5.26 Å². The molecule has 0 aliphatic carbocycles. The Hall–Kier alpha value is -2.02. The van der Waals surface area contributed by atoms with Crippen LogP contribution in [0.15, 0.2) is 24.3 Å². The Morgan fingerprint density at radius 3 is 2.82 bits per heavy atom. The first kappa shape index (κ1) is 11.5. The van der Waals surface area contributed by atoms with Crippen LogP contribution in [0.2, 0.25) is 0 Å². The molecule has 0 bridgehead atoms. The van der Waals surface area contributed by atoms with Crippen LogP contribution >= 0.6 is 0 Å². The Kier molecular flexibility index (Phi) is 3.29. The predicted octanol–water partition coefficient (Wildman–Crippen LogP) is 1.21. The van der Waals surface area contributed by atoms with Crippen molar-refractivity contribution in [2.45, 2.75) is 19.4 Å². The van der Waals surface area contributed by atoms with Gasteiger partial charge >= 0.3 is 0 Å². The summed E-state index contributed by atoms with van der Waals surface area (Å²) in [5, 5.41) is 11.6. The van der Waals surface area contributed by atoms with Crippen LogP contribution in [0, 0.1) is 18.3 Å². The van der Waals surface area contributed by atoms with Crippen molar-refractivity contribution in [3.63, 3.8) is 0 Å². The fourth-order valence-electron chi connectivity index (χ4n) is 2.05. The molecular formula is C13H15N3O. The molecule has 0 aromatic heterocycles.